The van der Waals surface area contributed by atoms with E-state index in [0.717, 1.165) is 24.3 Å². The second-order valence-electron chi connectivity index (χ2n) is 6.06. The zero-order valence-electron chi connectivity index (χ0n) is 13.1. The van der Waals surface area contributed by atoms with Crippen molar-refractivity contribution in [3.05, 3.63) is 15.6 Å². The highest BCUT2D eigenvalue weighted by atomic mass is 32.1. The fourth-order valence-electron chi connectivity index (χ4n) is 3.20. The third-order valence-corrected chi connectivity index (χ3v) is 5.71. The van der Waals surface area contributed by atoms with Gasteiger partial charge in [-0.15, -0.1) is 11.3 Å². The minimum atomic E-state index is -0.183. The van der Waals surface area contributed by atoms with Gasteiger partial charge in [0.15, 0.2) is 0 Å². The molecule has 0 bridgehead atoms. The van der Waals surface area contributed by atoms with Crippen LogP contribution < -0.4 is 5.32 Å². The van der Waals surface area contributed by atoms with Gasteiger partial charge in [0.2, 0.25) is 11.8 Å². The number of thiazole rings is 1. The van der Waals surface area contributed by atoms with Crippen molar-refractivity contribution in [1.82, 2.24) is 15.2 Å². The van der Waals surface area contributed by atoms with Gasteiger partial charge in [-0.1, -0.05) is 0 Å². The van der Waals surface area contributed by atoms with Crippen LogP contribution in [0, 0.1) is 5.92 Å². The predicted molar refractivity (Wildman–Crippen MR) is 85.8 cm³/mol. The fraction of sp³-hybridized carbons (Fsp3) is 0.688. The number of nitrogens with zero attached hydrogens (tertiary/aromatic N) is 2. The summed E-state index contributed by atoms with van der Waals surface area (Å²) >= 11 is 1.80. The van der Waals surface area contributed by atoms with Gasteiger partial charge in [-0.2, -0.15) is 0 Å². The van der Waals surface area contributed by atoms with Crippen molar-refractivity contribution in [3.8, 4) is 0 Å². The SMILES string of the molecule is CCN1C[C@H](C(=O)NCCc2nc3c(s2)CCCC3)CC1=O. The number of likely N-dealkylation sites (tertiary alicyclic amines) is 1. The summed E-state index contributed by atoms with van der Waals surface area (Å²) in [6.07, 6.45) is 5.93. The topological polar surface area (TPSA) is 62.3 Å². The Morgan fingerprint density at radius 1 is 1.41 bits per heavy atom. The van der Waals surface area contributed by atoms with Gasteiger partial charge < -0.3 is 10.2 Å². The number of fused-ring (bicyclic) bond motifs is 1. The van der Waals surface area contributed by atoms with E-state index >= 15 is 0 Å². The van der Waals surface area contributed by atoms with Gasteiger partial charge in [-0.05, 0) is 32.6 Å². The maximum absolute atomic E-state index is 12.1. The van der Waals surface area contributed by atoms with Crippen LogP contribution in [0.15, 0.2) is 0 Å². The van der Waals surface area contributed by atoms with Crippen LogP contribution in [0.3, 0.4) is 0 Å². The lowest BCUT2D eigenvalue weighted by atomic mass is 10.0. The molecule has 2 heterocycles. The van der Waals surface area contributed by atoms with Crippen molar-refractivity contribution in [1.29, 1.82) is 0 Å². The summed E-state index contributed by atoms with van der Waals surface area (Å²) in [6.45, 7) is 3.81. The molecule has 0 radical (unpaired) electrons. The van der Waals surface area contributed by atoms with E-state index in [1.54, 1.807) is 16.2 Å². The highest BCUT2D eigenvalue weighted by Crippen LogP contribution is 2.26. The summed E-state index contributed by atoms with van der Waals surface area (Å²) < 4.78 is 0. The molecule has 1 aliphatic heterocycles. The molecule has 1 aromatic rings. The van der Waals surface area contributed by atoms with Crippen LogP contribution in [0.4, 0.5) is 0 Å². The zero-order valence-corrected chi connectivity index (χ0v) is 13.9. The summed E-state index contributed by atoms with van der Waals surface area (Å²) in [4.78, 5) is 31.7. The normalized spacial score (nSPS) is 21.0. The highest BCUT2D eigenvalue weighted by molar-refractivity contribution is 7.11. The molecule has 0 aromatic carbocycles. The molecule has 1 fully saturated rings. The molecule has 3 rings (SSSR count). The molecule has 0 saturated carbocycles. The van der Waals surface area contributed by atoms with E-state index < -0.39 is 0 Å². The number of carbonyl (C=O) groups excluding carboxylic acids is 2. The second kappa shape index (κ2) is 6.77. The number of aromatic nitrogens is 1. The first kappa shape index (κ1) is 15.5. The maximum Gasteiger partial charge on any atom is 0.225 e. The molecule has 0 spiro atoms. The van der Waals surface area contributed by atoms with Gasteiger partial charge in [-0.25, -0.2) is 4.98 Å². The number of aryl methyl sites for hydroxylation is 2. The van der Waals surface area contributed by atoms with Crippen LogP contribution in [0.2, 0.25) is 0 Å². The van der Waals surface area contributed by atoms with Crippen molar-refractivity contribution < 1.29 is 9.59 Å². The Morgan fingerprint density at radius 2 is 2.23 bits per heavy atom. The number of amides is 2. The monoisotopic (exact) mass is 321 g/mol. The first-order valence-corrected chi connectivity index (χ1v) is 9.02. The van der Waals surface area contributed by atoms with Crippen molar-refractivity contribution in [2.45, 2.75) is 45.4 Å². The lowest BCUT2D eigenvalue weighted by Crippen LogP contribution is -2.34. The van der Waals surface area contributed by atoms with E-state index in [-0.39, 0.29) is 17.7 Å². The van der Waals surface area contributed by atoms with E-state index in [2.05, 4.69) is 10.3 Å². The standard InChI is InChI=1S/C16H23N3O2S/c1-2-19-10-11(9-15(19)20)16(21)17-8-7-14-18-12-5-3-4-6-13(12)22-14/h11H,2-10H2,1H3,(H,17,21)/t11-/m1/s1. The summed E-state index contributed by atoms with van der Waals surface area (Å²) in [5.41, 5.74) is 1.28. The molecular weight excluding hydrogens is 298 g/mol. The third-order valence-electron chi connectivity index (χ3n) is 4.50. The first-order valence-electron chi connectivity index (χ1n) is 8.20. The van der Waals surface area contributed by atoms with Gasteiger partial charge >= 0.3 is 0 Å². The summed E-state index contributed by atoms with van der Waals surface area (Å²) in [5, 5.41) is 4.10. The molecule has 1 aliphatic carbocycles. The van der Waals surface area contributed by atoms with E-state index in [4.69, 9.17) is 0 Å². The predicted octanol–water partition coefficient (Wildman–Crippen LogP) is 1.55. The van der Waals surface area contributed by atoms with E-state index in [9.17, 15) is 9.59 Å². The minimum Gasteiger partial charge on any atom is -0.355 e. The molecule has 1 aromatic heterocycles. The lowest BCUT2D eigenvalue weighted by Gasteiger charge is -2.13. The molecule has 5 nitrogen and oxygen atoms in total. The fourth-order valence-corrected chi connectivity index (χ4v) is 4.36. The van der Waals surface area contributed by atoms with Crippen LogP contribution >= 0.6 is 11.3 Å². The zero-order chi connectivity index (χ0) is 15.5. The number of hydrogen-bond acceptors (Lipinski definition) is 4. The second-order valence-corrected chi connectivity index (χ2v) is 7.23. The molecule has 1 N–H and O–H groups in total. The number of rotatable bonds is 5. The third kappa shape index (κ3) is 3.32. The Balaban J connectivity index is 1.46. The maximum atomic E-state index is 12.1. The first-order chi connectivity index (χ1) is 10.7. The van der Waals surface area contributed by atoms with Crippen molar-refractivity contribution in [3.63, 3.8) is 0 Å². The van der Waals surface area contributed by atoms with E-state index in [1.807, 2.05) is 6.92 Å². The quantitative estimate of drug-likeness (QED) is 0.895. The number of hydrogen-bond donors (Lipinski definition) is 1. The lowest BCUT2D eigenvalue weighted by molar-refractivity contribution is -0.128. The van der Waals surface area contributed by atoms with Gasteiger partial charge in [0.05, 0.1) is 16.6 Å². The summed E-state index contributed by atoms with van der Waals surface area (Å²) in [6, 6.07) is 0. The molecule has 1 saturated heterocycles. The van der Waals surface area contributed by atoms with Crippen LogP contribution in [-0.4, -0.2) is 41.3 Å². The van der Waals surface area contributed by atoms with Crippen LogP contribution in [-0.2, 0) is 28.9 Å². The molecule has 6 heteroatoms. The molecule has 2 amide bonds. The molecule has 120 valence electrons. The average molecular weight is 321 g/mol. The van der Waals surface area contributed by atoms with E-state index in [1.165, 1.54) is 23.4 Å². The molecular formula is C16H23N3O2S. The van der Waals surface area contributed by atoms with Crippen LogP contribution in [0.5, 0.6) is 0 Å². The molecule has 1 atom stereocenters. The Hall–Kier alpha value is -1.43. The molecule has 2 aliphatic rings. The summed E-state index contributed by atoms with van der Waals surface area (Å²) in [7, 11) is 0. The smallest absolute Gasteiger partial charge is 0.225 e. The Morgan fingerprint density at radius 3 is 2.95 bits per heavy atom. The Labute approximate surface area is 135 Å². The number of carbonyl (C=O) groups is 2. The minimum absolute atomic E-state index is 0.00520. The Kier molecular flexibility index (Phi) is 4.76. The largest absolute Gasteiger partial charge is 0.355 e. The van der Waals surface area contributed by atoms with Crippen molar-refractivity contribution >= 4 is 23.2 Å². The van der Waals surface area contributed by atoms with Gasteiger partial charge in [0, 0.05) is 37.4 Å². The number of nitrogens with one attached hydrogen (secondary N) is 1. The summed E-state index contributed by atoms with van der Waals surface area (Å²) in [5.74, 6) is -0.0854. The van der Waals surface area contributed by atoms with Crippen molar-refractivity contribution in [2.24, 2.45) is 5.92 Å². The average Bonchev–Trinajstić information content (AvgIpc) is 3.09. The molecule has 22 heavy (non-hydrogen) atoms. The Bertz CT molecular complexity index is 546. The van der Waals surface area contributed by atoms with E-state index in [0.29, 0.717) is 26.1 Å². The van der Waals surface area contributed by atoms with Crippen LogP contribution in [0.1, 0.15) is 41.8 Å². The van der Waals surface area contributed by atoms with Gasteiger partial charge in [0.25, 0.3) is 0 Å². The van der Waals surface area contributed by atoms with Gasteiger partial charge in [0.1, 0.15) is 0 Å². The van der Waals surface area contributed by atoms with Gasteiger partial charge in [-0.3, -0.25) is 9.59 Å². The molecule has 0 unspecified atom stereocenters. The van der Waals surface area contributed by atoms with Crippen molar-refractivity contribution in [2.75, 3.05) is 19.6 Å². The highest BCUT2D eigenvalue weighted by Gasteiger charge is 2.33. The van der Waals surface area contributed by atoms with Crippen LogP contribution in [0.25, 0.3) is 0 Å².